The van der Waals surface area contributed by atoms with Crippen LogP contribution in [0.15, 0.2) is 27.5 Å². The summed E-state index contributed by atoms with van der Waals surface area (Å²) in [5.41, 5.74) is 0.855. The second-order valence-corrected chi connectivity index (χ2v) is 7.32. The first-order valence-corrected chi connectivity index (χ1v) is 8.51. The first-order chi connectivity index (χ1) is 10.4. The van der Waals surface area contributed by atoms with Gasteiger partial charge in [-0.2, -0.15) is 0 Å². The van der Waals surface area contributed by atoms with E-state index in [4.69, 9.17) is 4.98 Å². The summed E-state index contributed by atoms with van der Waals surface area (Å²) in [6.45, 7) is 5.99. The summed E-state index contributed by atoms with van der Waals surface area (Å²) in [4.78, 5) is 19.7. The summed E-state index contributed by atoms with van der Waals surface area (Å²) in [6.07, 6.45) is 1.77. The summed E-state index contributed by atoms with van der Waals surface area (Å²) in [5, 5.41) is 0.687. The Bertz CT molecular complexity index is 707. The van der Waals surface area contributed by atoms with Gasteiger partial charge in [-0.15, -0.1) is 0 Å². The van der Waals surface area contributed by atoms with E-state index in [0.29, 0.717) is 17.8 Å². The van der Waals surface area contributed by atoms with Gasteiger partial charge in [0.05, 0.1) is 10.9 Å². The predicted octanol–water partition coefficient (Wildman–Crippen LogP) is 3.31. The lowest BCUT2D eigenvalue weighted by molar-refractivity contribution is 0.381. The van der Waals surface area contributed by atoms with Crippen LogP contribution in [0.4, 0.5) is 0 Å². The molecule has 0 radical (unpaired) electrons. The Hall–Kier alpha value is -1.20. The van der Waals surface area contributed by atoms with Crippen LogP contribution in [0.3, 0.4) is 0 Å². The molecule has 0 N–H and O–H groups in total. The number of hydrogen-bond donors (Lipinski definition) is 0. The first kappa shape index (κ1) is 17.2. The van der Waals surface area contributed by atoms with Crippen LogP contribution >= 0.6 is 15.9 Å². The van der Waals surface area contributed by atoms with Gasteiger partial charge in [0.25, 0.3) is 5.56 Å². The Morgan fingerprint density at radius 3 is 2.68 bits per heavy atom. The minimum Gasteiger partial charge on any atom is -0.309 e. The van der Waals surface area contributed by atoms with E-state index in [9.17, 15) is 4.79 Å². The van der Waals surface area contributed by atoms with Crippen LogP contribution in [-0.4, -0.2) is 35.1 Å². The van der Waals surface area contributed by atoms with E-state index in [0.717, 1.165) is 35.2 Å². The van der Waals surface area contributed by atoms with Crippen molar-refractivity contribution in [3.8, 4) is 0 Å². The van der Waals surface area contributed by atoms with Crippen molar-refractivity contribution in [2.45, 2.75) is 33.2 Å². The number of benzene rings is 1. The molecule has 1 aromatic carbocycles. The molecule has 4 nitrogen and oxygen atoms in total. The molecule has 0 atom stereocenters. The largest absolute Gasteiger partial charge is 0.309 e. The zero-order valence-electron chi connectivity index (χ0n) is 13.8. The van der Waals surface area contributed by atoms with Crippen molar-refractivity contribution in [1.82, 2.24) is 14.5 Å². The number of nitrogens with zero attached hydrogens (tertiary/aromatic N) is 3. The number of halogens is 1. The van der Waals surface area contributed by atoms with E-state index >= 15 is 0 Å². The molecule has 0 amide bonds. The van der Waals surface area contributed by atoms with Crippen molar-refractivity contribution in [3.63, 3.8) is 0 Å². The van der Waals surface area contributed by atoms with Crippen molar-refractivity contribution >= 4 is 26.8 Å². The molecule has 0 fully saturated rings. The molecule has 0 unspecified atom stereocenters. The number of rotatable bonds is 6. The van der Waals surface area contributed by atoms with Crippen LogP contribution in [0.2, 0.25) is 0 Å². The molecule has 5 heteroatoms. The molecular weight excluding hydrogens is 342 g/mol. The normalized spacial score (nSPS) is 11.8. The van der Waals surface area contributed by atoms with Crippen LogP contribution in [0.5, 0.6) is 0 Å². The molecule has 0 saturated carbocycles. The zero-order valence-corrected chi connectivity index (χ0v) is 15.4. The molecule has 1 aromatic heterocycles. The average molecular weight is 366 g/mol. The van der Waals surface area contributed by atoms with Crippen LogP contribution in [0.1, 0.15) is 26.1 Å². The van der Waals surface area contributed by atoms with Gasteiger partial charge in [0, 0.05) is 17.4 Å². The van der Waals surface area contributed by atoms with Crippen molar-refractivity contribution in [1.29, 1.82) is 0 Å². The van der Waals surface area contributed by atoms with Crippen molar-refractivity contribution in [2.75, 3.05) is 20.6 Å². The third-order valence-electron chi connectivity index (χ3n) is 3.57. The molecule has 0 saturated heterocycles. The number of hydrogen-bond acceptors (Lipinski definition) is 3. The van der Waals surface area contributed by atoms with Gasteiger partial charge in [-0.25, -0.2) is 4.98 Å². The summed E-state index contributed by atoms with van der Waals surface area (Å²) in [5.74, 6) is 1.37. The summed E-state index contributed by atoms with van der Waals surface area (Å²) >= 11 is 3.44. The summed E-state index contributed by atoms with van der Waals surface area (Å²) in [7, 11) is 4.10. The van der Waals surface area contributed by atoms with Crippen molar-refractivity contribution < 1.29 is 0 Å². The van der Waals surface area contributed by atoms with Crippen LogP contribution in [0, 0.1) is 5.92 Å². The Labute approximate surface area is 140 Å². The maximum atomic E-state index is 12.8. The fourth-order valence-electron chi connectivity index (χ4n) is 2.54. The molecule has 0 aliphatic rings. The Morgan fingerprint density at radius 2 is 2.05 bits per heavy atom. The highest BCUT2D eigenvalue weighted by Crippen LogP contribution is 2.17. The lowest BCUT2D eigenvalue weighted by Crippen LogP contribution is -2.28. The molecule has 2 rings (SSSR count). The highest BCUT2D eigenvalue weighted by molar-refractivity contribution is 9.10. The standard InChI is InChI=1S/C17H24BrN3O/c1-12(2)10-16-19-15-7-6-13(18)11-14(15)17(22)21(16)9-5-8-20(3)4/h6-7,11-12H,5,8-10H2,1-4H3. The number of fused-ring (bicyclic) bond motifs is 1. The predicted molar refractivity (Wildman–Crippen MR) is 95.4 cm³/mol. The lowest BCUT2D eigenvalue weighted by atomic mass is 10.1. The average Bonchev–Trinajstić information content (AvgIpc) is 2.42. The Kier molecular flexibility index (Phi) is 5.75. The van der Waals surface area contributed by atoms with E-state index in [1.165, 1.54) is 0 Å². The second kappa shape index (κ2) is 7.38. The van der Waals surface area contributed by atoms with E-state index < -0.39 is 0 Å². The highest BCUT2D eigenvalue weighted by Gasteiger charge is 2.12. The fraction of sp³-hybridized carbons (Fsp3) is 0.529. The smallest absolute Gasteiger partial charge is 0.261 e. The molecule has 0 aliphatic heterocycles. The first-order valence-electron chi connectivity index (χ1n) is 7.72. The molecule has 2 aromatic rings. The fourth-order valence-corrected chi connectivity index (χ4v) is 2.90. The van der Waals surface area contributed by atoms with Crippen LogP contribution in [-0.2, 0) is 13.0 Å². The van der Waals surface area contributed by atoms with E-state index in [1.807, 2.05) is 36.9 Å². The van der Waals surface area contributed by atoms with Gasteiger partial charge < -0.3 is 4.90 Å². The summed E-state index contributed by atoms with van der Waals surface area (Å²) in [6, 6.07) is 5.71. The Morgan fingerprint density at radius 1 is 1.32 bits per heavy atom. The van der Waals surface area contributed by atoms with Gasteiger partial charge in [0.15, 0.2) is 0 Å². The molecular formula is C17H24BrN3O. The van der Waals surface area contributed by atoms with Gasteiger partial charge in [0.2, 0.25) is 0 Å². The van der Waals surface area contributed by atoms with Gasteiger partial charge in [-0.1, -0.05) is 29.8 Å². The number of aromatic nitrogens is 2. The molecule has 1 heterocycles. The quantitative estimate of drug-likeness (QED) is 0.787. The van der Waals surface area contributed by atoms with Gasteiger partial charge in [-0.3, -0.25) is 9.36 Å². The lowest BCUT2D eigenvalue weighted by Gasteiger charge is -2.16. The van der Waals surface area contributed by atoms with Gasteiger partial charge >= 0.3 is 0 Å². The van der Waals surface area contributed by atoms with E-state index in [2.05, 4.69) is 34.7 Å². The van der Waals surface area contributed by atoms with Gasteiger partial charge in [-0.05, 0) is 51.2 Å². The zero-order chi connectivity index (χ0) is 16.3. The van der Waals surface area contributed by atoms with Crippen LogP contribution < -0.4 is 5.56 Å². The monoisotopic (exact) mass is 365 g/mol. The molecule has 0 bridgehead atoms. The highest BCUT2D eigenvalue weighted by atomic mass is 79.9. The van der Waals surface area contributed by atoms with Crippen molar-refractivity contribution in [3.05, 3.63) is 38.9 Å². The summed E-state index contributed by atoms with van der Waals surface area (Å²) < 4.78 is 2.77. The van der Waals surface area contributed by atoms with Gasteiger partial charge in [0.1, 0.15) is 5.82 Å². The SMILES string of the molecule is CC(C)Cc1nc2ccc(Br)cc2c(=O)n1CCCN(C)C. The molecule has 22 heavy (non-hydrogen) atoms. The molecule has 120 valence electrons. The van der Waals surface area contributed by atoms with E-state index in [1.54, 1.807) is 0 Å². The third kappa shape index (κ3) is 4.17. The van der Waals surface area contributed by atoms with Crippen molar-refractivity contribution in [2.24, 2.45) is 5.92 Å². The second-order valence-electron chi connectivity index (χ2n) is 6.40. The minimum atomic E-state index is 0.0701. The Balaban J connectivity index is 2.48. The maximum absolute atomic E-state index is 12.8. The topological polar surface area (TPSA) is 38.1 Å². The van der Waals surface area contributed by atoms with E-state index in [-0.39, 0.29) is 5.56 Å². The maximum Gasteiger partial charge on any atom is 0.261 e. The third-order valence-corrected chi connectivity index (χ3v) is 4.07. The van der Waals surface area contributed by atoms with Crippen LogP contribution in [0.25, 0.3) is 10.9 Å². The molecule has 0 aliphatic carbocycles. The molecule has 0 spiro atoms. The minimum absolute atomic E-state index is 0.0701.